The van der Waals surface area contributed by atoms with Gasteiger partial charge in [0.25, 0.3) is 0 Å². The minimum atomic E-state index is -0.368. The van der Waals surface area contributed by atoms with Crippen LogP contribution in [0.4, 0.5) is 0 Å². The number of methoxy groups -OCH3 is 1. The van der Waals surface area contributed by atoms with Gasteiger partial charge in [-0.25, -0.2) is 4.79 Å². The lowest BCUT2D eigenvalue weighted by Crippen LogP contribution is -2.18. The lowest BCUT2D eigenvalue weighted by atomic mass is 9.95. The van der Waals surface area contributed by atoms with Crippen LogP contribution in [0.5, 0.6) is 5.75 Å². The first-order valence-electron chi connectivity index (χ1n) is 8.29. The summed E-state index contributed by atoms with van der Waals surface area (Å²) in [6.07, 6.45) is -0.0897. The fraction of sp³-hybridized carbons (Fsp3) is 0.286. The molecule has 1 heterocycles. The van der Waals surface area contributed by atoms with Crippen LogP contribution in [0.1, 0.15) is 18.1 Å². The summed E-state index contributed by atoms with van der Waals surface area (Å²) in [4.78, 5) is 12.1. The van der Waals surface area contributed by atoms with E-state index in [9.17, 15) is 4.79 Å². The van der Waals surface area contributed by atoms with Gasteiger partial charge in [0, 0.05) is 30.2 Å². The molecule has 3 rings (SSSR count). The molecule has 0 bridgehead atoms. The van der Waals surface area contributed by atoms with Gasteiger partial charge in [-0.2, -0.15) is 0 Å². The maximum atomic E-state index is 12.1. The summed E-state index contributed by atoms with van der Waals surface area (Å²) in [6, 6.07) is 13.3. The third-order valence-electron chi connectivity index (χ3n) is 4.19. The molecule has 1 atom stereocenters. The molecule has 0 aliphatic rings. The third-order valence-corrected chi connectivity index (χ3v) is 4.19. The van der Waals surface area contributed by atoms with Gasteiger partial charge in [-0.3, -0.25) is 0 Å². The Kier molecular flexibility index (Phi) is 4.91. The lowest BCUT2D eigenvalue weighted by molar-refractivity contribution is 0.0921. The van der Waals surface area contributed by atoms with Gasteiger partial charge in [-0.15, -0.1) is 0 Å². The van der Waals surface area contributed by atoms with E-state index in [0.717, 1.165) is 27.6 Å². The van der Waals surface area contributed by atoms with E-state index in [1.807, 2.05) is 51.1 Å². The zero-order valence-electron chi connectivity index (χ0n) is 15.0. The smallest absolute Gasteiger partial charge is 0.336 e. The minimum absolute atomic E-state index is 0.0897. The highest BCUT2D eigenvalue weighted by Crippen LogP contribution is 2.34. The standard InChI is InChI=1S/C21H22O4/c1-13-7-5-6-8-17(13)18-11-20(22)25-19-10-16(9-14(2)21(18)19)24-15(3)12-23-4/h5-11,15H,12H2,1-4H3. The second kappa shape index (κ2) is 7.11. The van der Waals surface area contributed by atoms with E-state index in [1.54, 1.807) is 19.2 Å². The van der Waals surface area contributed by atoms with E-state index >= 15 is 0 Å². The lowest BCUT2D eigenvalue weighted by Gasteiger charge is -2.16. The molecule has 0 aliphatic carbocycles. The van der Waals surface area contributed by atoms with Crippen molar-refractivity contribution < 1.29 is 13.9 Å². The van der Waals surface area contributed by atoms with Crippen molar-refractivity contribution in [2.75, 3.05) is 13.7 Å². The minimum Gasteiger partial charge on any atom is -0.488 e. The Morgan fingerprint density at radius 1 is 1.04 bits per heavy atom. The molecule has 1 unspecified atom stereocenters. The Bertz CT molecular complexity index is 956. The van der Waals surface area contributed by atoms with E-state index in [0.29, 0.717) is 17.9 Å². The highest BCUT2D eigenvalue weighted by molar-refractivity contribution is 5.97. The topological polar surface area (TPSA) is 48.7 Å². The van der Waals surface area contributed by atoms with Gasteiger partial charge in [0.2, 0.25) is 0 Å². The predicted molar refractivity (Wildman–Crippen MR) is 99.4 cm³/mol. The van der Waals surface area contributed by atoms with Crippen molar-refractivity contribution in [1.29, 1.82) is 0 Å². The summed E-state index contributed by atoms with van der Waals surface area (Å²) in [7, 11) is 1.64. The van der Waals surface area contributed by atoms with E-state index in [-0.39, 0.29) is 11.7 Å². The molecular formula is C21H22O4. The van der Waals surface area contributed by atoms with Crippen molar-refractivity contribution in [3.63, 3.8) is 0 Å². The molecule has 25 heavy (non-hydrogen) atoms. The molecule has 0 fully saturated rings. The van der Waals surface area contributed by atoms with Gasteiger partial charge in [-0.1, -0.05) is 24.3 Å². The predicted octanol–water partition coefficient (Wildman–Crippen LogP) is 4.49. The van der Waals surface area contributed by atoms with Gasteiger partial charge < -0.3 is 13.9 Å². The fourth-order valence-electron chi connectivity index (χ4n) is 3.13. The number of hydrogen-bond donors (Lipinski definition) is 0. The maximum absolute atomic E-state index is 12.1. The molecule has 0 saturated carbocycles. The quantitative estimate of drug-likeness (QED) is 0.643. The zero-order valence-corrected chi connectivity index (χ0v) is 15.0. The average Bonchev–Trinajstić information content (AvgIpc) is 2.54. The number of benzene rings is 2. The van der Waals surface area contributed by atoms with Gasteiger partial charge >= 0.3 is 5.63 Å². The molecule has 0 N–H and O–H groups in total. The number of aryl methyl sites for hydroxylation is 2. The van der Waals surface area contributed by atoms with Gasteiger partial charge in [0.05, 0.1) is 6.61 Å². The molecule has 0 radical (unpaired) electrons. The Morgan fingerprint density at radius 3 is 2.52 bits per heavy atom. The molecule has 3 aromatic rings. The molecular weight excluding hydrogens is 316 g/mol. The Balaban J connectivity index is 2.18. The molecule has 4 nitrogen and oxygen atoms in total. The average molecular weight is 338 g/mol. The molecule has 0 aliphatic heterocycles. The molecule has 4 heteroatoms. The zero-order chi connectivity index (χ0) is 18.0. The van der Waals surface area contributed by atoms with Crippen LogP contribution in [0, 0.1) is 13.8 Å². The van der Waals surface area contributed by atoms with Crippen LogP contribution in [0.3, 0.4) is 0 Å². The van der Waals surface area contributed by atoms with Crippen molar-refractivity contribution in [2.24, 2.45) is 0 Å². The maximum Gasteiger partial charge on any atom is 0.336 e. The van der Waals surface area contributed by atoms with Crippen molar-refractivity contribution >= 4 is 11.0 Å². The van der Waals surface area contributed by atoms with E-state index in [1.165, 1.54) is 0 Å². The van der Waals surface area contributed by atoms with Gasteiger partial charge in [-0.05, 0) is 43.5 Å². The largest absolute Gasteiger partial charge is 0.488 e. The second-order valence-corrected chi connectivity index (χ2v) is 6.29. The van der Waals surface area contributed by atoms with Crippen LogP contribution in [0.15, 0.2) is 51.7 Å². The second-order valence-electron chi connectivity index (χ2n) is 6.29. The number of ether oxygens (including phenoxy) is 2. The highest BCUT2D eigenvalue weighted by atomic mass is 16.5. The van der Waals surface area contributed by atoms with Crippen LogP contribution in [0.25, 0.3) is 22.1 Å². The first kappa shape index (κ1) is 17.2. The summed E-state index contributed by atoms with van der Waals surface area (Å²) in [5.41, 5.74) is 4.20. The van der Waals surface area contributed by atoms with Gasteiger partial charge in [0.15, 0.2) is 0 Å². The molecule has 0 amide bonds. The van der Waals surface area contributed by atoms with E-state index in [2.05, 4.69) is 0 Å². The van der Waals surface area contributed by atoms with Crippen molar-refractivity contribution in [1.82, 2.24) is 0 Å². The van der Waals surface area contributed by atoms with E-state index in [4.69, 9.17) is 13.9 Å². The first-order chi connectivity index (χ1) is 12.0. The third kappa shape index (κ3) is 3.59. The highest BCUT2D eigenvalue weighted by Gasteiger charge is 2.14. The van der Waals surface area contributed by atoms with E-state index < -0.39 is 0 Å². The first-order valence-corrected chi connectivity index (χ1v) is 8.29. The van der Waals surface area contributed by atoms with Crippen LogP contribution in [-0.2, 0) is 4.74 Å². The summed E-state index contributed by atoms with van der Waals surface area (Å²) in [5, 5.41) is 0.931. The fourth-order valence-corrected chi connectivity index (χ4v) is 3.13. The normalized spacial score (nSPS) is 12.3. The molecule has 2 aromatic carbocycles. The summed E-state index contributed by atoms with van der Waals surface area (Å²) in [5.74, 6) is 0.666. The summed E-state index contributed by atoms with van der Waals surface area (Å²) < 4.78 is 16.4. The van der Waals surface area contributed by atoms with Crippen LogP contribution < -0.4 is 10.4 Å². The Labute approximate surface area is 147 Å². The van der Waals surface area contributed by atoms with Crippen LogP contribution >= 0.6 is 0 Å². The monoisotopic (exact) mass is 338 g/mol. The number of fused-ring (bicyclic) bond motifs is 1. The Morgan fingerprint density at radius 2 is 1.80 bits per heavy atom. The van der Waals surface area contributed by atoms with Crippen molar-refractivity contribution in [3.8, 4) is 16.9 Å². The van der Waals surface area contributed by atoms with Crippen LogP contribution in [-0.4, -0.2) is 19.8 Å². The van der Waals surface area contributed by atoms with Crippen molar-refractivity contribution in [2.45, 2.75) is 26.9 Å². The summed E-state index contributed by atoms with van der Waals surface area (Å²) in [6.45, 7) is 6.46. The molecule has 1 aromatic heterocycles. The Hall–Kier alpha value is -2.59. The number of rotatable bonds is 5. The molecule has 130 valence electrons. The SMILES string of the molecule is COCC(C)Oc1cc(C)c2c(-c3ccccc3C)cc(=O)oc2c1. The van der Waals surface area contributed by atoms with Gasteiger partial charge in [0.1, 0.15) is 17.4 Å². The van der Waals surface area contributed by atoms with Crippen molar-refractivity contribution in [3.05, 3.63) is 64.0 Å². The summed E-state index contributed by atoms with van der Waals surface area (Å²) >= 11 is 0. The number of hydrogen-bond acceptors (Lipinski definition) is 4. The molecule has 0 saturated heterocycles. The molecule has 0 spiro atoms. The van der Waals surface area contributed by atoms with Crippen LogP contribution in [0.2, 0.25) is 0 Å².